The lowest BCUT2D eigenvalue weighted by atomic mass is 10.1. The van der Waals surface area contributed by atoms with Gasteiger partial charge in [-0.15, -0.1) is 0 Å². The Kier molecular flexibility index (Phi) is 5.57. The minimum atomic E-state index is 0.0413. The minimum absolute atomic E-state index is 0.0413. The van der Waals surface area contributed by atoms with Crippen molar-refractivity contribution in [2.75, 3.05) is 39.4 Å². The molecular formula is C13H25N3O3. The molecule has 19 heavy (non-hydrogen) atoms. The fraction of sp³-hybridized carbons (Fsp3) is 0.923. The second kappa shape index (κ2) is 7.19. The molecule has 2 rings (SSSR count). The third-order valence-electron chi connectivity index (χ3n) is 3.62. The highest BCUT2D eigenvalue weighted by atomic mass is 16.5. The number of carbonyl (C=O) groups excluding carboxylic acids is 1. The van der Waals surface area contributed by atoms with Gasteiger partial charge in [-0.2, -0.15) is 0 Å². The summed E-state index contributed by atoms with van der Waals surface area (Å²) in [5, 5.41) is 3.08. The zero-order chi connectivity index (χ0) is 13.7. The van der Waals surface area contributed by atoms with E-state index in [9.17, 15) is 4.79 Å². The van der Waals surface area contributed by atoms with Gasteiger partial charge in [0, 0.05) is 38.9 Å². The summed E-state index contributed by atoms with van der Waals surface area (Å²) < 4.78 is 11.0. The van der Waals surface area contributed by atoms with E-state index in [1.54, 1.807) is 0 Å². The molecule has 110 valence electrons. The lowest BCUT2D eigenvalue weighted by molar-refractivity contribution is -0.127. The topological polar surface area (TPSA) is 76.8 Å². The van der Waals surface area contributed by atoms with Gasteiger partial charge in [0.05, 0.1) is 18.8 Å². The molecule has 0 aromatic carbocycles. The van der Waals surface area contributed by atoms with Crippen molar-refractivity contribution in [3.8, 4) is 0 Å². The number of hydrogen-bond acceptors (Lipinski definition) is 5. The van der Waals surface area contributed by atoms with E-state index < -0.39 is 0 Å². The molecule has 0 spiro atoms. The average molecular weight is 271 g/mol. The maximum Gasteiger partial charge on any atom is 0.234 e. The van der Waals surface area contributed by atoms with Crippen LogP contribution < -0.4 is 11.1 Å². The van der Waals surface area contributed by atoms with Crippen molar-refractivity contribution in [3.05, 3.63) is 0 Å². The summed E-state index contributed by atoms with van der Waals surface area (Å²) >= 11 is 0. The highest BCUT2D eigenvalue weighted by molar-refractivity contribution is 5.78. The molecule has 6 nitrogen and oxygen atoms in total. The van der Waals surface area contributed by atoms with Crippen LogP contribution in [0.15, 0.2) is 0 Å². The summed E-state index contributed by atoms with van der Waals surface area (Å²) in [4.78, 5) is 14.1. The Bertz CT molecular complexity index is 295. The van der Waals surface area contributed by atoms with Crippen molar-refractivity contribution in [1.82, 2.24) is 10.2 Å². The maximum absolute atomic E-state index is 12.0. The van der Waals surface area contributed by atoms with E-state index in [2.05, 4.69) is 10.2 Å². The lowest BCUT2D eigenvalue weighted by Crippen LogP contribution is -2.53. The molecule has 0 aromatic rings. The Morgan fingerprint density at radius 1 is 1.37 bits per heavy atom. The number of amides is 1. The normalized spacial score (nSPS) is 30.2. The molecule has 2 aliphatic heterocycles. The highest BCUT2D eigenvalue weighted by Crippen LogP contribution is 2.10. The van der Waals surface area contributed by atoms with Gasteiger partial charge < -0.3 is 20.5 Å². The van der Waals surface area contributed by atoms with E-state index in [-0.39, 0.29) is 24.2 Å². The van der Waals surface area contributed by atoms with Crippen molar-refractivity contribution in [2.24, 2.45) is 5.73 Å². The first-order chi connectivity index (χ1) is 9.17. The predicted molar refractivity (Wildman–Crippen MR) is 71.8 cm³/mol. The van der Waals surface area contributed by atoms with Crippen LogP contribution in [0.1, 0.15) is 19.8 Å². The van der Waals surface area contributed by atoms with Crippen LogP contribution in [0.4, 0.5) is 0 Å². The number of nitrogens with two attached hydrogens (primary N) is 1. The molecule has 6 heteroatoms. The largest absolute Gasteiger partial charge is 0.381 e. The van der Waals surface area contributed by atoms with Crippen molar-refractivity contribution < 1.29 is 14.3 Å². The van der Waals surface area contributed by atoms with E-state index in [1.165, 1.54) is 0 Å². The van der Waals surface area contributed by atoms with Crippen LogP contribution in [0, 0.1) is 0 Å². The van der Waals surface area contributed by atoms with E-state index >= 15 is 0 Å². The van der Waals surface area contributed by atoms with Crippen molar-refractivity contribution in [2.45, 2.75) is 38.0 Å². The Labute approximate surface area is 114 Å². The molecule has 3 N–H and O–H groups in total. The Morgan fingerprint density at radius 3 is 2.79 bits per heavy atom. The molecule has 0 radical (unpaired) electrons. The number of carbonyl (C=O) groups is 1. The molecule has 1 amide bonds. The molecule has 2 unspecified atom stereocenters. The Hall–Kier alpha value is -0.690. The Morgan fingerprint density at radius 2 is 2.11 bits per heavy atom. The van der Waals surface area contributed by atoms with Crippen molar-refractivity contribution >= 4 is 5.91 Å². The van der Waals surface area contributed by atoms with Gasteiger partial charge in [-0.1, -0.05) is 0 Å². The highest BCUT2D eigenvalue weighted by Gasteiger charge is 2.26. The van der Waals surface area contributed by atoms with Gasteiger partial charge in [-0.25, -0.2) is 0 Å². The van der Waals surface area contributed by atoms with Crippen LogP contribution in [-0.4, -0.2) is 68.4 Å². The zero-order valence-corrected chi connectivity index (χ0v) is 11.6. The standard InChI is InChI=1S/C13H25N3O3/c1-10-7-16(8-12(6-14)19-10)9-13(17)15-11-2-4-18-5-3-11/h10-12H,2-9,14H2,1H3,(H,15,17). The molecule has 2 heterocycles. The minimum Gasteiger partial charge on any atom is -0.381 e. The summed E-state index contributed by atoms with van der Waals surface area (Å²) in [5.74, 6) is 0.0942. The smallest absolute Gasteiger partial charge is 0.234 e. The predicted octanol–water partition coefficient (Wildman–Crippen LogP) is -0.670. The molecule has 0 aliphatic carbocycles. The first kappa shape index (κ1) is 14.7. The number of ether oxygens (including phenoxy) is 2. The molecular weight excluding hydrogens is 246 g/mol. The second-order valence-electron chi connectivity index (χ2n) is 5.45. The monoisotopic (exact) mass is 271 g/mol. The summed E-state index contributed by atoms with van der Waals surface area (Å²) in [6.07, 6.45) is 2.01. The van der Waals surface area contributed by atoms with Gasteiger partial charge in [0.25, 0.3) is 0 Å². The van der Waals surface area contributed by atoms with E-state index in [0.717, 1.165) is 39.1 Å². The van der Waals surface area contributed by atoms with Crippen molar-refractivity contribution in [3.63, 3.8) is 0 Å². The van der Waals surface area contributed by atoms with Crippen molar-refractivity contribution in [1.29, 1.82) is 0 Å². The van der Waals surface area contributed by atoms with E-state index in [0.29, 0.717) is 13.1 Å². The molecule has 0 saturated carbocycles. The van der Waals surface area contributed by atoms with Crippen LogP contribution >= 0.6 is 0 Å². The summed E-state index contributed by atoms with van der Waals surface area (Å²) in [6, 6.07) is 0.269. The number of nitrogens with one attached hydrogen (secondary N) is 1. The third kappa shape index (κ3) is 4.72. The lowest BCUT2D eigenvalue weighted by Gasteiger charge is -2.36. The SMILES string of the molecule is CC1CN(CC(=O)NC2CCOCC2)CC(CN)O1. The van der Waals surface area contributed by atoms with Crippen LogP contribution in [0.2, 0.25) is 0 Å². The first-order valence-electron chi connectivity index (χ1n) is 7.12. The zero-order valence-electron chi connectivity index (χ0n) is 11.6. The molecule has 2 fully saturated rings. The van der Waals surface area contributed by atoms with Gasteiger partial charge >= 0.3 is 0 Å². The number of morpholine rings is 1. The molecule has 0 bridgehead atoms. The average Bonchev–Trinajstić information content (AvgIpc) is 2.38. The fourth-order valence-corrected chi connectivity index (χ4v) is 2.72. The fourth-order valence-electron chi connectivity index (χ4n) is 2.72. The van der Waals surface area contributed by atoms with Gasteiger partial charge in [0.1, 0.15) is 0 Å². The van der Waals surface area contributed by atoms with Gasteiger partial charge in [-0.05, 0) is 19.8 Å². The molecule has 0 aromatic heterocycles. The molecule has 2 aliphatic rings. The summed E-state index contributed by atoms with van der Waals surface area (Å²) in [7, 11) is 0. The summed E-state index contributed by atoms with van der Waals surface area (Å²) in [6.45, 7) is 5.97. The van der Waals surface area contributed by atoms with Crippen LogP contribution in [0.25, 0.3) is 0 Å². The number of nitrogens with zero attached hydrogens (tertiary/aromatic N) is 1. The quantitative estimate of drug-likeness (QED) is 0.709. The third-order valence-corrected chi connectivity index (χ3v) is 3.62. The number of hydrogen-bond donors (Lipinski definition) is 2. The Balaban J connectivity index is 1.74. The van der Waals surface area contributed by atoms with E-state index in [4.69, 9.17) is 15.2 Å². The van der Waals surface area contributed by atoms with Gasteiger partial charge in [0.2, 0.25) is 5.91 Å². The van der Waals surface area contributed by atoms with Crippen LogP contribution in [-0.2, 0) is 14.3 Å². The summed E-state index contributed by atoms with van der Waals surface area (Å²) in [5.41, 5.74) is 5.64. The van der Waals surface area contributed by atoms with E-state index in [1.807, 2.05) is 6.92 Å². The molecule has 2 saturated heterocycles. The van der Waals surface area contributed by atoms with Crippen LogP contribution in [0.5, 0.6) is 0 Å². The van der Waals surface area contributed by atoms with Gasteiger partial charge in [-0.3, -0.25) is 9.69 Å². The maximum atomic E-state index is 12.0. The first-order valence-corrected chi connectivity index (χ1v) is 7.12. The number of rotatable bonds is 4. The van der Waals surface area contributed by atoms with Crippen LogP contribution in [0.3, 0.4) is 0 Å². The van der Waals surface area contributed by atoms with Gasteiger partial charge in [0.15, 0.2) is 0 Å². The second-order valence-corrected chi connectivity index (χ2v) is 5.45. The molecule has 2 atom stereocenters.